The molecule has 4 nitrogen and oxygen atoms in total. The highest BCUT2D eigenvalue weighted by atomic mass is 32.2. The summed E-state index contributed by atoms with van der Waals surface area (Å²) in [4.78, 5) is 11.6. The molecule has 1 aromatic carbocycles. The maximum atomic E-state index is 14.1. The van der Waals surface area contributed by atoms with Crippen LogP contribution in [0.15, 0.2) is 17.0 Å². The molecule has 0 N–H and O–H groups in total. The van der Waals surface area contributed by atoms with E-state index in [0.29, 0.717) is 11.5 Å². The summed E-state index contributed by atoms with van der Waals surface area (Å²) < 4.78 is 42.7. The van der Waals surface area contributed by atoms with Crippen LogP contribution in [0, 0.1) is 11.7 Å². The lowest BCUT2D eigenvalue weighted by Crippen LogP contribution is -2.13. The summed E-state index contributed by atoms with van der Waals surface area (Å²) in [6, 6.07) is 2.30. The van der Waals surface area contributed by atoms with Crippen molar-refractivity contribution in [3.05, 3.63) is 29.1 Å². The summed E-state index contributed by atoms with van der Waals surface area (Å²) >= 11 is 0. The molecule has 21 heavy (non-hydrogen) atoms. The van der Waals surface area contributed by atoms with Crippen molar-refractivity contribution in [2.24, 2.45) is 5.92 Å². The van der Waals surface area contributed by atoms with E-state index < -0.39 is 21.6 Å². The average molecular weight is 314 g/mol. The van der Waals surface area contributed by atoms with Crippen LogP contribution in [0.2, 0.25) is 0 Å². The van der Waals surface area contributed by atoms with E-state index in [1.54, 1.807) is 0 Å². The first-order chi connectivity index (χ1) is 9.75. The Morgan fingerprint density at radius 1 is 1.33 bits per heavy atom. The molecular weight excluding hydrogens is 295 g/mol. The maximum absolute atomic E-state index is 14.1. The van der Waals surface area contributed by atoms with Crippen molar-refractivity contribution in [2.45, 2.75) is 37.0 Å². The first-order valence-electron chi connectivity index (χ1n) is 6.87. The van der Waals surface area contributed by atoms with Crippen molar-refractivity contribution in [1.82, 2.24) is 0 Å². The highest BCUT2D eigenvalue weighted by Crippen LogP contribution is 2.42. The molecule has 2 atom stereocenters. The quantitative estimate of drug-likeness (QED) is 0.636. The zero-order valence-corrected chi connectivity index (χ0v) is 13.2. The smallest absolute Gasteiger partial charge is 0.340 e. The lowest BCUT2D eigenvalue weighted by Gasteiger charge is -2.20. The molecule has 0 amide bonds. The number of sulfone groups is 1. The number of rotatable bonds is 3. The fourth-order valence-electron chi connectivity index (χ4n) is 3.05. The van der Waals surface area contributed by atoms with E-state index in [1.165, 1.54) is 6.07 Å². The minimum Gasteiger partial charge on any atom is -0.465 e. The molecule has 1 aliphatic carbocycles. The first kappa shape index (κ1) is 15.9. The predicted molar refractivity (Wildman–Crippen MR) is 76.6 cm³/mol. The third kappa shape index (κ3) is 3.10. The molecule has 2 rings (SSSR count). The normalized spacial score (nSPS) is 22.3. The van der Waals surface area contributed by atoms with E-state index in [-0.39, 0.29) is 16.4 Å². The van der Waals surface area contributed by atoms with E-state index in [4.69, 9.17) is 0 Å². The van der Waals surface area contributed by atoms with Crippen LogP contribution in [0.4, 0.5) is 4.39 Å². The van der Waals surface area contributed by atoms with Gasteiger partial charge in [0.1, 0.15) is 5.82 Å². The van der Waals surface area contributed by atoms with Gasteiger partial charge in [-0.15, -0.1) is 0 Å². The zero-order chi connectivity index (χ0) is 15.8. The standard InChI is InChI=1S/C15H19FO4S/c1-9-5-4-6-10(9)11-7-13(16)12(15(17)20-2)8-14(11)21(3,18)19/h7-10H,4-6H2,1-3H3. The highest BCUT2D eigenvalue weighted by molar-refractivity contribution is 7.90. The fraction of sp³-hybridized carbons (Fsp3) is 0.533. The van der Waals surface area contributed by atoms with Crippen molar-refractivity contribution >= 4 is 15.8 Å². The number of esters is 1. The van der Waals surface area contributed by atoms with Gasteiger partial charge in [0.05, 0.1) is 17.6 Å². The van der Waals surface area contributed by atoms with Crippen LogP contribution in [0.1, 0.15) is 48.0 Å². The summed E-state index contributed by atoms with van der Waals surface area (Å²) in [6.07, 6.45) is 3.90. The van der Waals surface area contributed by atoms with Gasteiger partial charge in [-0.05, 0) is 36.0 Å². The Labute approximate surface area is 124 Å². The third-order valence-electron chi connectivity index (χ3n) is 4.17. The van der Waals surface area contributed by atoms with Crippen LogP contribution >= 0.6 is 0 Å². The van der Waals surface area contributed by atoms with Crippen LogP contribution in [-0.2, 0) is 14.6 Å². The van der Waals surface area contributed by atoms with Crippen LogP contribution in [-0.4, -0.2) is 27.8 Å². The number of carbonyl (C=O) groups is 1. The Hall–Kier alpha value is -1.43. The summed E-state index contributed by atoms with van der Waals surface area (Å²) in [5, 5.41) is 0. The fourth-order valence-corrected chi connectivity index (χ4v) is 4.02. The lowest BCUT2D eigenvalue weighted by atomic mass is 9.89. The molecule has 0 aromatic heterocycles. The van der Waals surface area contributed by atoms with E-state index in [1.807, 2.05) is 6.92 Å². The van der Waals surface area contributed by atoms with Gasteiger partial charge < -0.3 is 4.74 Å². The second-order valence-electron chi connectivity index (χ2n) is 5.65. The molecule has 1 aliphatic rings. The highest BCUT2D eigenvalue weighted by Gasteiger charge is 2.31. The first-order valence-corrected chi connectivity index (χ1v) is 8.76. The molecule has 6 heteroatoms. The molecule has 116 valence electrons. The van der Waals surface area contributed by atoms with Gasteiger partial charge in [0.25, 0.3) is 0 Å². The molecule has 0 radical (unpaired) electrons. The SMILES string of the molecule is COC(=O)c1cc(S(C)(=O)=O)c(C2CCCC2C)cc1F. The molecule has 1 fully saturated rings. The maximum Gasteiger partial charge on any atom is 0.340 e. The molecule has 0 aliphatic heterocycles. The van der Waals surface area contributed by atoms with Gasteiger partial charge in [-0.25, -0.2) is 17.6 Å². The minimum absolute atomic E-state index is 0.0101. The second-order valence-corrected chi connectivity index (χ2v) is 7.63. The average Bonchev–Trinajstić information content (AvgIpc) is 2.82. The molecular formula is C15H19FO4S. The number of methoxy groups -OCH3 is 1. The van der Waals surface area contributed by atoms with E-state index in [0.717, 1.165) is 38.7 Å². The molecule has 0 heterocycles. The van der Waals surface area contributed by atoms with Gasteiger partial charge in [-0.3, -0.25) is 0 Å². The van der Waals surface area contributed by atoms with Crippen LogP contribution < -0.4 is 0 Å². The van der Waals surface area contributed by atoms with Gasteiger partial charge in [0.2, 0.25) is 0 Å². The Kier molecular flexibility index (Phi) is 4.37. The number of ether oxygens (including phenoxy) is 1. The summed E-state index contributed by atoms with van der Waals surface area (Å²) in [5.41, 5.74) is 0.139. The Balaban J connectivity index is 2.65. The summed E-state index contributed by atoms with van der Waals surface area (Å²) in [5.74, 6) is -1.29. The van der Waals surface area contributed by atoms with Gasteiger partial charge >= 0.3 is 5.97 Å². The number of hydrogen-bond donors (Lipinski definition) is 0. The van der Waals surface area contributed by atoms with Crippen LogP contribution in [0.5, 0.6) is 0 Å². The summed E-state index contributed by atoms with van der Waals surface area (Å²) in [7, 11) is -2.42. The Morgan fingerprint density at radius 3 is 2.48 bits per heavy atom. The van der Waals surface area contributed by atoms with Crippen molar-refractivity contribution in [1.29, 1.82) is 0 Å². The van der Waals surface area contributed by atoms with Crippen molar-refractivity contribution in [3.8, 4) is 0 Å². The Bertz CT molecular complexity index is 666. The van der Waals surface area contributed by atoms with E-state index in [2.05, 4.69) is 4.74 Å². The van der Waals surface area contributed by atoms with Gasteiger partial charge in [-0.2, -0.15) is 0 Å². The molecule has 2 unspecified atom stereocenters. The number of hydrogen-bond acceptors (Lipinski definition) is 4. The van der Waals surface area contributed by atoms with Gasteiger partial charge in [-0.1, -0.05) is 19.8 Å². The van der Waals surface area contributed by atoms with Crippen LogP contribution in [0.3, 0.4) is 0 Å². The topological polar surface area (TPSA) is 60.4 Å². The Morgan fingerprint density at radius 2 is 2.00 bits per heavy atom. The number of halogens is 1. The second kappa shape index (κ2) is 5.75. The number of carbonyl (C=O) groups excluding carboxylic acids is 1. The molecule has 1 saturated carbocycles. The molecule has 0 bridgehead atoms. The van der Waals surface area contributed by atoms with Crippen molar-refractivity contribution in [2.75, 3.05) is 13.4 Å². The van der Waals surface area contributed by atoms with Gasteiger partial charge in [0.15, 0.2) is 9.84 Å². The molecule has 0 spiro atoms. The number of benzene rings is 1. The van der Waals surface area contributed by atoms with Gasteiger partial charge in [0, 0.05) is 6.26 Å². The largest absolute Gasteiger partial charge is 0.465 e. The monoisotopic (exact) mass is 314 g/mol. The minimum atomic E-state index is -3.55. The zero-order valence-electron chi connectivity index (χ0n) is 12.3. The summed E-state index contributed by atoms with van der Waals surface area (Å²) in [6.45, 7) is 2.04. The van der Waals surface area contributed by atoms with Crippen molar-refractivity contribution < 1.29 is 22.3 Å². The third-order valence-corrected chi connectivity index (χ3v) is 5.32. The lowest BCUT2D eigenvalue weighted by molar-refractivity contribution is 0.0595. The van der Waals surface area contributed by atoms with E-state index >= 15 is 0 Å². The predicted octanol–water partition coefficient (Wildman–Crippen LogP) is 2.92. The van der Waals surface area contributed by atoms with Crippen LogP contribution in [0.25, 0.3) is 0 Å². The van der Waals surface area contributed by atoms with E-state index in [9.17, 15) is 17.6 Å². The molecule has 0 saturated heterocycles. The van der Waals surface area contributed by atoms with Crippen molar-refractivity contribution in [3.63, 3.8) is 0 Å². The molecule has 1 aromatic rings.